The summed E-state index contributed by atoms with van der Waals surface area (Å²) in [5, 5.41) is 14.9. The number of carboxylic acid groups (broad SMARTS) is 1. The number of hydrogen-bond acceptors (Lipinski definition) is 3. The maximum atomic E-state index is 12.4. The molecule has 3 atom stereocenters. The molecule has 0 spiro atoms. The number of amides is 2. The summed E-state index contributed by atoms with van der Waals surface area (Å²) in [6.07, 6.45) is 2.97. The average molecular weight is 298 g/mol. The molecule has 1 saturated carbocycles. The van der Waals surface area contributed by atoms with E-state index in [0.717, 1.165) is 12.8 Å². The van der Waals surface area contributed by atoms with Gasteiger partial charge in [0.15, 0.2) is 0 Å². The predicted molar refractivity (Wildman–Crippen MR) is 78.6 cm³/mol. The van der Waals surface area contributed by atoms with Crippen molar-refractivity contribution in [2.75, 3.05) is 0 Å². The molecule has 3 N–H and O–H groups in total. The second kappa shape index (κ2) is 6.91. The van der Waals surface area contributed by atoms with E-state index in [1.165, 1.54) is 6.92 Å². The van der Waals surface area contributed by atoms with Crippen LogP contribution in [0.3, 0.4) is 0 Å². The Kier molecular flexibility index (Phi) is 5.75. The third-order valence-electron chi connectivity index (χ3n) is 4.32. The molecule has 0 saturated heterocycles. The van der Waals surface area contributed by atoms with Crippen LogP contribution in [0.1, 0.15) is 53.4 Å². The number of hydrogen-bond donors (Lipinski definition) is 3. The fraction of sp³-hybridized carbons (Fsp3) is 0.800. The third kappa shape index (κ3) is 4.19. The first-order valence-corrected chi connectivity index (χ1v) is 7.49. The lowest BCUT2D eigenvalue weighted by molar-refractivity contribution is -0.152. The van der Waals surface area contributed by atoms with Crippen LogP contribution in [0.5, 0.6) is 0 Å². The molecule has 0 heterocycles. The fourth-order valence-corrected chi connectivity index (χ4v) is 2.84. The van der Waals surface area contributed by atoms with Crippen molar-refractivity contribution in [3.63, 3.8) is 0 Å². The molecule has 0 radical (unpaired) electrons. The van der Waals surface area contributed by atoms with Crippen molar-refractivity contribution < 1.29 is 19.5 Å². The summed E-state index contributed by atoms with van der Waals surface area (Å²) in [4.78, 5) is 35.1. The van der Waals surface area contributed by atoms with E-state index in [0.29, 0.717) is 12.8 Å². The lowest BCUT2D eigenvalue weighted by atomic mass is 9.71. The number of carbonyl (C=O) groups is 3. The van der Waals surface area contributed by atoms with Gasteiger partial charge in [-0.1, -0.05) is 26.7 Å². The smallest absolute Gasteiger partial charge is 0.311 e. The van der Waals surface area contributed by atoms with Gasteiger partial charge in [0.2, 0.25) is 11.8 Å². The zero-order valence-electron chi connectivity index (χ0n) is 13.2. The summed E-state index contributed by atoms with van der Waals surface area (Å²) in [6.45, 7) is 6.74. The maximum absolute atomic E-state index is 12.4. The number of carbonyl (C=O) groups excluding carboxylic acids is 2. The van der Waals surface area contributed by atoms with Crippen LogP contribution in [0, 0.1) is 11.3 Å². The highest BCUT2D eigenvalue weighted by atomic mass is 16.4. The standard InChI is InChI=1S/C15H26N2O4/c1-9(2)12(16-10(3)18)13(19)17-11-7-5-6-8-15(11,4)14(20)21/h9,11-12H,5-8H2,1-4H3,(H,16,18)(H,17,19)(H,20,21). The first-order chi connectivity index (χ1) is 9.68. The summed E-state index contributed by atoms with van der Waals surface area (Å²) < 4.78 is 0. The molecule has 1 aliphatic carbocycles. The van der Waals surface area contributed by atoms with Gasteiger partial charge in [-0.3, -0.25) is 14.4 Å². The Labute approximate surface area is 125 Å². The molecule has 0 bridgehead atoms. The minimum Gasteiger partial charge on any atom is -0.481 e. The second-order valence-corrected chi connectivity index (χ2v) is 6.45. The van der Waals surface area contributed by atoms with E-state index >= 15 is 0 Å². The quantitative estimate of drug-likeness (QED) is 0.713. The Hall–Kier alpha value is -1.59. The highest BCUT2D eigenvalue weighted by Crippen LogP contribution is 2.36. The normalized spacial score (nSPS) is 27.0. The van der Waals surface area contributed by atoms with E-state index in [1.807, 2.05) is 13.8 Å². The molecule has 6 heteroatoms. The minimum absolute atomic E-state index is 0.0615. The van der Waals surface area contributed by atoms with Crippen molar-refractivity contribution in [2.24, 2.45) is 11.3 Å². The Morgan fingerprint density at radius 3 is 2.33 bits per heavy atom. The van der Waals surface area contributed by atoms with Gasteiger partial charge in [0.25, 0.3) is 0 Å². The van der Waals surface area contributed by atoms with Crippen LogP contribution in [0.25, 0.3) is 0 Å². The van der Waals surface area contributed by atoms with E-state index in [2.05, 4.69) is 10.6 Å². The van der Waals surface area contributed by atoms with Gasteiger partial charge < -0.3 is 15.7 Å². The van der Waals surface area contributed by atoms with E-state index in [-0.39, 0.29) is 17.7 Å². The first kappa shape index (κ1) is 17.5. The number of nitrogens with one attached hydrogen (secondary N) is 2. The molecule has 6 nitrogen and oxygen atoms in total. The Bertz CT molecular complexity index is 422. The lowest BCUT2D eigenvalue weighted by Gasteiger charge is -2.39. The summed E-state index contributed by atoms with van der Waals surface area (Å²) in [6, 6.07) is -1.03. The molecular weight excluding hydrogens is 272 g/mol. The molecule has 1 aliphatic rings. The summed E-state index contributed by atoms with van der Waals surface area (Å²) in [5.74, 6) is -1.52. The van der Waals surface area contributed by atoms with Gasteiger partial charge in [0, 0.05) is 13.0 Å². The van der Waals surface area contributed by atoms with Gasteiger partial charge in [-0.05, 0) is 25.7 Å². The first-order valence-electron chi connectivity index (χ1n) is 7.49. The molecule has 120 valence electrons. The lowest BCUT2D eigenvalue weighted by Crippen LogP contribution is -2.57. The highest BCUT2D eigenvalue weighted by molar-refractivity contribution is 5.88. The van der Waals surface area contributed by atoms with E-state index in [9.17, 15) is 19.5 Å². The molecule has 0 aromatic heterocycles. The molecule has 0 aromatic carbocycles. The third-order valence-corrected chi connectivity index (χ3v) is 4.32. The van der Waals surface area contributed by atoms with Crippen molar-refractivity contribution in [3.05, 3.63) is 0 Å². The molecule has 3 unspecified atom stereocenters. The van der Waals surface area contributed by atoms with Crippen molar-refractivity contribution in [1.29, 1.82) is 0 Å². The van der Waals surface area contributed by atoms with Crippen molar-refractivity contribution in [1.82, 2.24) is 10.6 Å². The van der Waals surface area contributed by atoms with Crippen LogP contribution < -0.4 is 10.6 Å². The topological polar surface area (TPSA) is 95.5 Å². The van der Waals surface area contributed by atoms with Gasteiger partial charge in [-0.25, -0.2) is 0 Å². The van der Waals surface area contributed by atoms with Crippen LogP contribution >= 0.6 is 0 Å². The summed E-state index contributed by atoms with van der Waals surface area (Å²) in [5.41, 5.74) is -0.939. The molecular formula is C15H26N2O4. The monoisotopic (exact) mass is 298 g/mol. The minimum atomic E-state index is -0.939. The zero-order chi connectivity index (χ0) is 16.2. The maximum Gasteiger partial charge on any atom is 0.311 e. The molecule has 0 aliphatic heterocycles. The predicted octanol–water partition coefficient (Wildman–Crippen LogP) is 1.30. The van der Waals surface area contributed by atoms with Crippen molar-refractivity contribution >= 4 is 17.8 Å². The van der Waals surface area contributed by atoms with E-state index in [4.69, 9.17) is 0 Å². The van der Waals surface area contributed by atoms with Gasteiger partial charge in [0.05, 0.1) is 5.41 Å². The number of aliphatic carboxylic acids is 1. The van der Waals surface area contributed by atoms with E-state index in [1.54, 1.807) is 6.92 Å². The fourth-order valence-electron chi connectivity index (χ4n) is 2.84. The number of rotatable bonds is 5. The Morgan fingerprint density at radius 1 is 1.24 bits per heavy atom. The second-order valence-electron chi connectivity index (χ2n) is 6.45. The van der Waals surface area contributed by atoms with Crippen molar-refractivity contribution in [3.8, 4) is 0 Å². The SMILES string of the molecule is CC(=O)NC(C(=O)NC1CCCCC1(C)C(=O)O)C(C)C. The molecule has 1 rings (SSSR count). The van der Waals surface area contributed by atoms with Crippen LogP contribution in [0.2, 0.25) is 0 Å². The van der Waals surface area contributed by atoms with Gasteiger partial charge >= 0.3 is 5.97 Å². The molecule has 21 heavy (non-hydrogen) atoms. The van der Waals surface area contributed by atoms with Crippen LogP contribution in [-0.4, -0.2) is 35.0 Å². The van der Waals surface area contributed by atoms with Crippen LogP contribution in [-0.2, 0) is 14.4 Å². The summed E-state index contributed by atoms with van der Waals surface area (Å²) >= 11 is 0. The summed E-state index contributed by atoms with van der Waals surface area (Å²) in [7, 11) is 0. The largest absolute Gasteiger partial charge is 0.481 e. The number of carboxylic acids is 1. The zero-order valence-corrected chi connectivity index (χ0v) is 13.2. The van der Waals surface area contributed by atoms with Crippen LogP contribution in [0.15, 0.2) is 0 Å². The molecule has 2 amide bonds. The van der Waals surface area contributed by atoms with Gasteiger partial charge in [-0.15, -0.1) is 0 Å². The highest BCUT2D eigenvalue weighted by Gasteiger charge is 2.44. The average Bonchev–Trinajstić information content (AvgIpc) is 2.37. The van der Waals surface area contributed by atoms with Crippen molar-refractivity contribution in [2.45, 2.75) is 65.5 Å². The van der Waals surface area contributed by atoms with Gasteiger partial charge in [-0.2, -0.15) is 0 Å². The Balaban J connectivity index is 2.83. The van der Waals surface area contributed by atoms with Crippen LogP contribution in [0.4, 0.5) is 0 Å². The molecule has 0 aromatic rings. The molecule has 1 fully saturated rings. The Morgan fingerprint density at radius 2 is 1.86 bits per heavy atom. The van der Waals surface area contributed by atoms with Gasteiger partial charge in [0.1, 0.15) is 6.04 Å². The van der Waals surface area contributed by atoms with E-state index < -0.39 is 23.5 Å².